The van der Waals surface area contributed by atoms with E-state index in [2.05, 4.69) is 59.2 Å². The van der Waals surface area contributed by atoms with Crippen molar-refractivity contribution < 1.29 is 9.59 Å². The van der Waals surface area contributed by atoms with Gasteiger partial charge < -0.3 is 11.1 Å². The average molecular weight is 430 g/mol. The summed E-state index contributed by atoms with van der Waals surface area (Å²) in [6, 6.07) is 26.5. The van der Waals surface area contributed by atoms with Crippen LogP contribution in [0, 0.1) is 0 Å². The number of carbonyl (C=O) groups excluding carboxylic acids is 2. The number of imide groups is 1. The van der Waals surface area contributed by atoms with Gasteiger partial charge >= 0.3 is 0 Å². The zero-order chi connectivity index (χ0) is 21.6. The van der Waals surface area contributed by atoms with Gasteiger partial charge in [0.2, 0.25) is 0 Å². The predicted molar refractivity (Wildman–Crippen MR) is 128 cm³/mol. The molecule has 0 aliphatic carbocycles. The molecule has 4 rings (SSSR count). The van der Waals surface area contributed by atoms with Crippen molar-refractivity contribution in [1.29, 1.82) is 0 Å². The fourth-order valence-corrected chi connectivity index (χ4v) is 4.32. The molecule has 156 valence electrons. The van der Waals surface area contributed by atoms with E-state index in [9.17, 15) is 9.59 Å². The van der Waals surface area contributed by atoms with Crippen LogP contribution in [0.5, 0.6) is 0 Å². The highest BCUT2D eigenvalue weighted by Crippen LogP contribution is 2.30. The topological polar surface area (TPSA) is 84.2 Å². The van der Waals surface area contributed by atoms with E-state index in [1.807, 2.05) is 24.3 Å². The molecule has 31 heavy (non-hydrogen) atoms. The average Bonchev–Trinajstić information content (AvgIpc) is 3.11. The first-order valence-corrected chi connectivity index (χ1v) is 10.9. The summed E-state index contributed by atoms with van der Waals surface area (Å²) in [7, 11) is 0. The van der Waals surface area contributed by atoms with Gasteiger partial charge in [-0.25, -0.2) is 0 Å². The number of anilines is 2. The van der Waals surface area contributed by atoms with Crippen molar-refractivity contribution >= 4 is 40.4 Å². The zero-order valence-electron chi connectivity index (χ0n) is 16.9. The molecule has 3 aromatic rings. The summed E-state index contributed by atoms with van der Waals surface area (Å²) in [6.07, 6.45) is 2.60. The number of thioether (sulfide) groups is 1. The molecule has 0 bridgehead atoms. The monoisotopic (exact) mass is 429 g/mol. The smallest absolute Gasteiger partial charge is 0.290 e. The van der Waals surface area contributed by atoms with Gasteiger partial charge in [0.05, 0.1) is 16.3 Å². The third-order valence-electron chi connectivity index (χ3n) is 5.17. The minimum Gasteiger partial charge on any atom is -0.397 e. The van der Waals surface area contributed by atoms with Gasteiger partial charge in [-0.2, -0.15) is 0 Å². The Morgan fingerprint density at radius 2 is 1.58 bits per heavy atom. The molecule has 6 heteroatoms. The van der Waals surface area contributed by atoms with Crippen LogP contribution in [0.3, 0.4) is 0 Å². The summed E-state index contributed by atoms with van der Waals surface area (Å²) in [6.45, 7) is 0.729. The largest absolute Gasteiger partial charge is 0.397 e. The number of hydrogen-bond donors (Lipinski definition) is 3. The van der Waals surface area contributed by atoms with Crippen LogP contribution in [0.2, 0.25) is 0 Å². The first-order chi connectivity index (χ1) is 15.1. The van der Waals surface area contributed by atoms with Gasteiger partial charge in [0, 0.05) is 12.5 Å². The molecule has 0 atom stereocenters. The van der Waals surface area contributed by atoms with Gasteiger partial charge in [0.25, 0.3) is 11.1 Å². The molecule has 4 N–H and O–H groups in total. The quantitative estimate of drug-likeness (QED) is 0.354. The lowest BCUT2D eigenvalue weighted by molar-refractivity contribution is -0.115. The normalized spacial score (nSPS) is 14.8. The second-order valence-electron chi connectivity index (χ2n) is 7.29. The van der Waals surface area contributed by atoms with Gasteiger partial charge in [0.15, 0.2) is 0 Å². The summed E-state index contributed by atoms with van der Waals surface area (Å²) < 4.78 is 0. The standard InChI is InChI=1S/C25H23N3O2S/c26-21-12-11-17(16-23-24(29)28-25(30)31-23)15-22(21)27-14-13-20(18-7-3-1-4-8-18)19-9-5-2-6-10-19/h1-12,15-16,20,27H,13-14,26H2,(H,28,29,30). The number of rotatable bonds is 7. The lowest BCUT2D eigenvalue weighted by atomic mass is 9.88. The number of benzene rings is 3. The number of hydrogen-bond acceptors (Lipinski definition) is 5. The number of nitrogens with one attached hydrogen (secondary N) is 2. The molecule has 1 aliphatic rings. The fourth-order valence-electron chi connectivity index (χ4n) is 3.64. The molecule has 1 heterocycles. The van der Waals surface area contributed by atoms with Gasteiger partial charge in [-0.15, -0.1) is 0 Å². The highest BCUT2D eigenvalue weighted by atomic mass is 32.2. The van der Waals surface area contributed by atoms with E-state index >= 15 is 0 Å². The molecule has 5 nitrogen and oxygen atoms in total. The molecule has 3 aromatic carbocycles. The number of nitrogens with two attached hydrogens (primary N) is 1. The molecule has 0 aromatic heterocycles. The molecule has 2 amide bonds. The molecule has 1 saturated heterocycles. The van der Waals surface area contributed by atoms with E-state index in [0.29, 0.717) is 10.6 Å². The summed E-state index contributed by atoms with van der Waals surface area (Å²) in [5, 5.41) is 5.36. The Bertz CT molecular complexity index is 1070. The van der Waals surface area contributed by atoms with Gasteiger partial charge in [-0.3, -0.25) is 14.9 Å². The Labute approximate surface area is 185 Å². The maximum absolute atomic E-state index is 11.8. The second kappa shape index (κ2) is 9.53. The molecule has 0 saturated carbocycles. The first kappa shape index (κ1) is 20.8. The summed E-state index contributed by atoms with van der Waals surface area (Å²) in [4.78, 5) is 23.6. The van der Waals surface area contributed by atoms with Crippen LogP contribution in [0.1, 0.15) is 29.0 Å². The Balaban J connectivity index is 1.48. The maximum Gasteiger partial charge on any atom is 0.290 e. The highest BCUT2D eigenvalue weighted by Gasteiger charge is 2.25. The zero-order valence-corrected chi connectivity index (χ0v) is 17.7. The van der Waals surface area contributed by atoms with Crippen molar-refractivity contribution in [2.24, 2.45) is 0 Å². The lowest BCUT2D eigenvalue weighted by Crippen LogP contribution is -2.17. The molecule has 0 unspecified atom stereocenters. The third kappa shape index (κ3) is 5.16. The molecular formula is C25H23N3O2S. The van der Waals surface area contributed by atoms with E-state index in [1.54, 1.807) is 12.1 Å². The molecule has 1 fully saturated rings. The SMILES string of the molecule is Nc1ccc(C=C2SC(=O)NC2=O)cc1NCCC(c1ccccc1)c1ccccc1. The van der Waals surface area contributed by atoms with Crippen molar-refractivity contribution in [3.8, 4) is 0 Å². The maximum atomic E-state index is 11.8. The molecule has 0 radical (unpaired) electrons. The van der Waals surface area contributed by atoms with Crippen molar-refractivity contribution in [3.05, 3.63) is 100 Å². The fraction of sp³-hybridized carbons (Fsp3) is 0.120. The van der Waals surface area contributed by atoms with Crippen molar-refractivity contribution in [3.63, 3.8) is 0 Å². The van der Waals surface area contributed by atoms with E-state index in [4.69, 9.17) is 5.73 Å². The summed E-state index contributed by atoms with van der Waals surface area (Å²) >= 11 is 0.905. The van der Waals surface area contributed by atoms with Crippen LogP contribution in [-0.4, -0.2) is 17.7 Å². The predicted octanol–water partition coefficient (Wildman–Crippen LogP) is 5.23. The Kier molecular flexibility index (Phi) is 6.38. The van der Waals surface area contributed by atoms with Gasteiger partial charge in [0.1, 0.15) is 0 Å². The molecule has 1 aliphatic heterocycles. The lowest BCUT2D eigenvalue weighted by Gasteiger charge is -2.19. The number of amides is 2. The van der Waals surface area contributed by atoms with Crippen LogP contribution < -0.4 is 16.4 Å². The Morgan fingerprint density at radius 1 is 0.935 bits per heavy atom. The van der Waals surface area contributed by atoms with Crippen molar-refractivity contribution in [2.75, 3.05) is 17.6 Å². The summed E-state index contributed by atoms with van der Waals surface area (Å²) in [5.74, 6) is -0.0964. The minimum atomic E-state index is -0.366. The number of carbonyl (C=O) groups is 2. The van der Waals surface area contributed by atoms with Gasteiger partial charge in [-0.05, 0) is 53.1 Å². The van der Waals surface area contributed by atoms with Crippen LogP contribution in [0.4, 0.5) is 16.2 Å². The number of nitrogen functional groups attached to an aromatic ring is 1. The highest BCUT2D eigenvalue weighted by molar-refractivity contribution is 8.18. The Hall–Kier alpha value is -3.51. The van der Waals surface area contributed by atoms with E-state index in [-0.39, 0.29) is 17.1 Å². The van der Waals surface area contributed by atoms with Crippen LogP contribution in [0.15, 0.2) is 83.8 Å². The third-order valence-corrected chi connectivity index (χ3v) is 5.98. The first-order valence-electron chi connectivity index (χ1n) is 10.1. The van der Waals surface area contributed by atoms with Crippen LogP contribution in [0.25, 0.3) is 6.08 Å². The van der Waals surface area contributed by atoms with E-state index in [0.717, 1.165) is 36.0 Å². The van der Waals surface area contributed by atoms with Crippen molar-refractivity contribution in [2.45, 2.75) is 12.3 Å². The van der Waals surface area contributed by atoms with Crippen LogP contribution >= 0.6 is 11.8 Å². The van der Waals surface area contributed by atoms with Gasteiger partial charge in [-0.1, -0.05) is 66.7 Å². The second-order valence-corrected chi connectivity index (χ2v) is 8.30. The Morgan fingerprint density at radius 3 is 2.16 bits per heavy atom. The van der Waals surface area contributed by atoms with E-state index in [1.165, 1.54) is 11.1 Å². The molecule has 0 spiro atoms. The van der Waals surface area contributed by atoms with Crippen LogP contribution in [-0.2, 0) is 4.79 Å². The minimum absolute atomic E-state index is 0.269. The van der Waals surface area contributed by atoms with Crippen molar-refractivity contribution in [1.82, 2.24) is 5.32 Å². The summed E-state index contributed by atoms with van der Waals surface area (Å²) in [5.41, 5.74) is 11.0. The van der Waals surface area contributed by atoms with E-state index < -0.39 is 0 Å². The molecular weight excluding hydrogens is 406 g/mol.